The summed E-state index contributed by atoms with van der Waals surface area (Å²) in [7, 11) is -2.24. The van der Waals surface area contributed by atoms with Crippen molar-refractivity contribution in [3.8, 4) is 5.75 Å². The van der Waals surface area contributed by atoms with E-state index in [-0.39, 0.29) is 11.4 Å². The van der Waals surface area contributed by atoms with Gasteiger partial charge in [-0.3, -0.25) is 4.31 Å². The van der Waals surface area contributed by atoms with Gasteiger partial charge in [0.2, 0.25) is 0 Å². The monoisotopic (exact) mass is 401 g/mol. The van der Waals surface area contributed by atoms with E-state index in [9.17, 15) is 8.42 Å². The quantitative estimate of drug-likeness (QED) is 0.580. The summed E-state index contributed by atoms with van der Waals surface area (Å²) in [5.74, 6) is 0.579. The number of benzene rings is 3. The molecule has 0 fully saturated rings. The number of hydrogen-bond acceptors (Lipinski definition) is 3. The topological polar surface area (TPSA) is 46.6 Å². The third kappa shape index (κ3) is 4.26. The molecule has 6 heteroatoms. The Labute approximate surface area is 165 Å². The summed E-state index contributed by atoms with van der Waals surface area (Å²) >= 11 is 6.29. The van der Waals surface area contributed by atoms with Crippen molar-refractivity contribution < 1.29 is 13.2 Å². The lowest BCUT2D eigenvalue weighted by molar-refractivity contribution is 0.415. The molecule has 0 saturated carbocycles. The van der Waals surface area contributed by atoms with Crippen molar-refractivity contribution in [3.05, 3.63) is 88.9 Å². The second-order valence-corrected chi connectivity index (χ2v) is 8.39. The molecule has 0 atom stereocenters. The number of halogens is 1. The van der Waals surface area contributed by atoms with Crippen LogP contribution in [0.1, 0.15) is 11.1 Å². The molecule has 0 spiro atoms. The maximum atomic E-state index is 13.4. The molecule has 4 nitrogen and oxygen atoms in total. The van der Waals surface area contributed by atoms with Crippen LogP contribution in [0.5, 0.6) is 5.75 Å². The van der Waals surface area contributed by atoms with E-state index in [0.29, 0.717) is 16.5 Å². The van der Waals surface area contributed by atoms with Gasteiger partial charge in [0.1, 0.15) is 5.75 Å². The molecule has 140 valence electrons. The van der Waals surface area contributed by atoms with E-state index in [0.717, 1.165) is 11.1 Å². The molecule has 3 aromatic rings. The Morgan fingerprint density at radius 3 is 2.33 bits per heavy atom. The highest BCUT2D eigenvalue weighted by atomic mass is 35.5. The van der Waals surface area contributed by atoms with Gasteiger partial charge in [0.15, 0.2) is 0 Å². The Kier molecular flexibility index (Phi) is 5.73. The van der Waals surface area contributed by atoms with Gasteiger partial charge in [-0.15, -0.1) is 0 Å². The van der Waals surface area contributed by atoms with Gasteiger partial charge in [0.05, 0.1) is 24.2 Å². The zero-order valence-corrected chi connectivity index (χ0v) is 16.7. The molecule has 0 amide bonds. The van der Waals surface area contributed by atoms with E-state index < -0.39 is 10.0 Å². The Morgan fingerprint density at radius 2 is 1.67 bits per heavy atom. The van der Waals surface area contributed by atoms with Crippen LogP contribution in [0.3, 0.4) is 0 Å². The second-order valence-electron chi connectivity index (χ2n) is 6.12. The van der Waals surface area contributed by atoms with E-state index in [1.54, 1.807) is 61.7 Å². The summed E-state index contributed by atoms with van der Waals surface area (Å²) in [5.41, 5.74) is 2.22. The Bertz CT molecular complexity index is 1030. The molecule has 0 saturated heterocycles. The predicted molar refractivity (Wildman–Crippen MR) is 109 cm³/mol. The summed E-state index contributed by atoms with van der Waals surface area (Å²) in [5, 5.41) is 0.518. The first-order valence-corrected chi connectivity index (χ1v) is 10.2. The number of methoxy groups -OCH3 is 1. The molecule has 0 aliphatic rings. The molecule has 0 bridgehead atoms. The van der Waals surface area contributed by atoms with Crippen LogP contribution in [-0.2, 0) is 16.6 Å². The van der Waals surface area contributed by atoms with Gasteiger partial charge in [-0.25, -0.2) is 8.42 Å². The van der Waals surface area contributed by atoms with E-state index in [2.05, 4.69) is 0 Å². The summed E-state index contributed by atoms with van der Waals surface area (Å²) in [6.07, 6.45) is 0. The van der Waals surface area contributed by atoms with Crippen molar-refractivity contribution in [1.29, 1.82) is 0 Å². The van der Waals surface area contributed by atoms with Gasteiger partial charge in [-0.2, -0.15) is 0 Å². The van der Waals surface area contributed by atoms with Gasteiger partial charge in [0.25, 0.3) is 10.0 Å². The Hall–Kier alpha value is -2.50. The highest BCUT2D eigenvalue weighted by Crippen LogP contribution is 2.30. The van der Waals surface area contributed by atoms with Crippen LogP contribution in [0.4, 0.5) is 5.69 Å². The highest BCUT2D eigenvalue weighted by molar-refractivity contribution is 7.92. The van der Waals surface area contributed by atoms with E-state index in [4.69, 9.17) is 16.3 Å². The van der Waals surface area contributed by atoms with Gasteiger partial charge >= 0.3 is 0 Å². The molecule has 0 unspecified atom stereocenters. The number of ether oxygens (including phenoxy) is 1. The van der Waals surface area contributed by atoms with Crippen molar-refractivity contribution in [2.45, 2.75) is 18.4 Å². The molecule has 3 rings (SSSR count). The zero-order chi connectivity index (χ0) is 19.4. The first kappa shape index (κ1) is 19.3. The molecule has 0 radical (unpaired) electrons. The van der Waals surface area contributed by atoms with E-state index >= 15 is 0 Å². The molecule has 0 aliphatic carbocycles. The number of sulfonamides is 1. The van der Waals surface area contributed by atoms with Crippen molar-refractivity contribution in [3.63, 3.8) is 0 Å². The zero-order valence-electron chi connectivity index (χ0n) is 15.1. The third-order valence-corrected chi connectivity index (χ3v) is 6.38. The SMILES string of the molecule is COc1cccc(N(Cc2ccccc2Cl)S(=O)(=O)c2ccc(C)cc2)c1. The maximum absolute atomic E-state index is 13.4. The molecule has 0 aliphatic heterocycles. The van der Waals surface area contributed by atoms with Crippen molar-refractivity contribution in [1.82, 2.24) is 0 Å². The molecule has 27 heavy (non-hydrogen) atoms. The van der Waals surface area contributed by atoms with Crippen LogP contribution in [0, 0.1) is 6.92 Å². The fraction of sp³-hybridized carbons (Fsp3) is 0.143. The minimum atomic E-state index is -3.79. The summed E-state index contributed by atoms with van der Waals surface area (Å²) < 4.78 is 33.4. The molecular formula is C21H20ClNO3S. The fourth-order valence-corrected chi connectivity index (χ4v) is 4.33. The Morgan fingerprint density at radius 1 is 0.963 bits per heavy atom. The van der Waals surface area contributed by atoms with Gasteiger partial charge in [-0.05, 0) is 42.8 Å². The number of hydrogen-bond donors (Lipinski definition) is 0. The normalized spacial score (nSPS) is 11.2. The first-order chi connectivity index (χ1) is 12.9. The second kappa shape index (κ2) is 8.03. The van der Waals surface area contributed by atoms with Crippen LogP contribution < -0.4 is 9.04 Å². The molecule has 0 heterocycles. The average Bonchev–Trinajstić information content (AvgIpc) is 2.67. The van der Waals surface area contributed by atoms with Gasteiger partial charge in [0, 0.05) is 11.1 Å². The number of anilines is 1. The van der Waals surface area contributed by atoms with Crippen LogP contribution >= 0.6 is 11.6 Å². The lowest BCUT2D eigenvalue weighted by Crippen LogP contribution is -2.30. The lowest BCUT2D eigenvalue weighted by Gasteiger charge is -2.25. The number of rotatable bonds is 6. The predicted octanol–water partition coefficient (Wildman–Crippen LogP) is 5.05. The third-order valence-electron chi connectivity index (χ3n) is 4.22. The largest absolute Gasteiger partial charge is 0.497 e. The van der Waals surface area contributed by atoms with Crippen LogP contribution in [0.25, 0.3) is 0 Å². The average molecular weight is 402 g/mol. The minimum absolute atomic E-state index is 0.114. The van der Waals surface area contributed by atoms with Crippen LogP contribution in [0.15, 0.2) is 77.7 Å². The summed E-state index contributed by atoms with van der Waals surface area (Å²) in [6, 6.07) is 21.0. The number of nitrogens with zero attached hydrogens (tertiary/aromatic N) is 1. The van der Waals surface area contributed by atoms with Crippen LogP contribution in [-0.4, -0.2) is 15.5 Å². The first-order valence-electron chi connectivity index (χ1n) is 8.38. The van der Waals surface area contributed by atoms with Crippen LogP contribution in [0.2, 0.25) is 5.02 Å². The lowest BCUT2D eigenvalue weighted by atomic mass is 10.2. The minimum Gasteiger partial charge on any atom is -0.497 e. The smallest absolute Gasteiger partial charge is 0.264 e. The summed E-state index contributed by atoms with van der Waals surface area (Å²) in [4.78, 5) is 0.225. The Balaban J connectivity index is 2.11. The standard InChI is InChI=1S/C21H20ClNO3S/c1-16-10-12-20(13-11-16)27(24,25)23(15-17-6-3-4-9-21(17)22)18-7-5-8-19(14-18)26-2/h3-14H,15H2,1-2H3. The molecule has 0 N–H and O–H groups in total. The van der Waals surface area contributed by atoms with E-state index in [1.807, 2.05) is 25.1 Å². The molecule has 3 aromatic carbocycles. The highest BCUT2D eigenvalue weighted by Gasteiger charge is 2.26. The van der Waals surface area contributed by atoms with Gasteiger partial charge < -0.3 is 4.74 Å². The fourth-order valence-electron chi connectivity index (χ4n) is 2.70. The van der Waals surface area contributed by atoms with E-state index in [1.165, 1.54) is 4.31 Å². The number of aryl methyl sites for hydroxylation is 1. The van der Waals surface area contributed by atoms with Gasteiger partial charge in [-0.1, -0.05) is 53.6 Å². The molecular weight excluding hydrogens is 382 g/mol. The van der Waals surface area contributed by atoms with Crippen molar-refractivity contribution in [2.75, 3.05) is 11.4 Å². The summed E-state index contributed by atoms with van der Waals surface area (Å²) in [6.45, 7) is 2.03. The van der Waals surface area contributed by atoms with Crippen molar-refractivity contribution >= 4 is 27.3 Å². The molecule has 0 aromatic heterocycles. The maximum Gasteiger partial charge on any atom is 0.264 e. The van der Waals surface area contributed by atoms with Crippen molar-refractivity contribution in [2.24, 2.45) is 0 Å².